The van der Waals surface area contributed by atoms with Crippen molar-refractivity contribution >= 4 is 11.9 Å². The van der Waals surface area contributed by atoms with Crippen LogP contribution in [0.4, 0.5) is 0 Å². The van der Waals surface area contributed by atoms with Gasteiger partial charge in [-0.25, -0.2) is 0 Å². The first-order valence-corrected chi connectivity index (χ1v) is 6.83. The van der Waals surface area contributed by atoms with E-state index in [1.807, 2.05) is 13.8 Å². The van der Waals surface area contributed by atoms with E-state index in [1.54, 1.807) is 20.8 Å². The number of hydrogen-bond donors (Lipinski definition) is 2. The van der Waals surface area contributed by atoms with E-state index >= 15 is 0 Å². The summed E-state index contributed by atoms with van der Waals surface area (Å²) in [6.07, 6.45) is 0.827. The lowest BCUT2D eigenvalue weighted by Gasteiger charge is -2.38. The van der Waals surface area contributed by atoms with Crippen molar-refractivity contribution in [3.8, 4) is 0 Å². The number of amides is 1. The molecule has 110 valence electrons. The average Bonchev–Trinajstić information content (AvgIpc) is 2.48. The van der Waals surface area contributed by atoms with Gasteiger partial charge in [0.25, 0.3) is 0 Å². The van der Waals surface area contributed by atoms with Gasteiger partial charge in [0.1, 0.15) is 11.2 Å². The maximum atomic E-state index is 12.0. The van der Waals surface area contributed by atoms with Crippen LogP contribution in [0.2, 0.25) is 0 Å². The highest BCUT2D eigenvalue weighted by atomic mass is 16.6. The number of aliphatic hydroxyl groups is 1. The van der Waals surface area contributed by atoms with Crippen molar-refractivity contribution in [3.05, 3.63) is 0 Å². The standard InChI is InChI=1S/C14H25NO4/c1-6-13(7-2)11(17)15-9-14(13,18)8-10(16)19-12(3,4)5/h18H,6-9H2,1-5H3,(H,15,17). The Bertz CT molecular complexity index is 368. The third kappa shape index (κ3) is 2.91. The smallest absolute Gasteiger partial charge is 0.309 e. The lowest BCUT2D eigenvalue weighted by molar-refractivity contribution is -0.166. The Balaban J connectivity index is 2.91. The molecule has 1 fully saturated rings. The van der Waals surface area contributed by atoms with E-state index in [4.69, 9.17) is 4.74 Å². The molecule has 1 heterocycles. The zero-order valence-corrected chi connectivity index (χ0v) is 12.5. The monoisotopic (exact) mass is 271 g/mol. The van der Waals surface area contributed by atoms with E-state index in [0.29, 0.717) is 12.8 Å². The largest absolute Gasteiger partial charge is 0.460 e. The fourth-order valence-electron chi connectivity index (χ4n) is 2.85. The Morgan fingerprint density at radius 2 is 1.89 bits per heavy atom. The molecule has 2 N–H and O–H groups in total. The summed E-state index contributed by atoms with van der Waals surface area (Å²) in [5, 5.41) is 13.4. The molecule has 0 aromatic heterocycles. The first-order valence-electron chi connectivity index (χ1n) is 6.83. The zero-order chi connectivity index (χ0) is 14.9. The summed E-state index contributed by atoms with van der Waals surface area (Å²) < 4.78 is 5.24. The predicted octanol–water partition coefficient (Wildman–Crippen LogP) is 1.39. The molecule has 1 aliphatic rings. The molecule has 1 amide bonds. The second kappa shape index (κ2) is 5.12. The lowest BCUT2D eigenvalue weighted by Crippen LogP contribution is -2.50. The lowest BCUT2D eigenvalue weighted by atomic mass is 9.68. The first kappa shape index (κ1) is 16.0. The summed E-state index contributed by atoms with van der Waals surface area (Å²) in [7, 11) is 0. The highest BCUT2D eigenvalue weighted by Crippen LogP contribution is 2.44. The molecular formula is C14H25NO4. The first-order chi connectivity index (χ1) is 8.60. The van der Waals surface area contributed by atoms with Crippen molar-refractivity contribution in [2.75, 3.05) is 6.54 Å². The number of carbonyl (C=O) groups excluding carboxylic acids is 2. The number of esters is 1. The molecule has 1 atom stereocenters. The van der Waals surface area contributed by atoms with Crippen molar-refractivity contribution < 1.29 is 19.4 Å². The van der Waals surface area contributed by atoms with E-state index in [1.165, 1.54) is 0 Å². The van der Waals surface area contributed by atoms with Gasteiger partial charge in [-0.3, -0.25) is 9.59 Å². The average molecular weight is 271 g/mol. The number of hydrogen-bond acceptors (Lipinski definition) is 4. The van der Waals surface area contributed by atoms with Crippen LogP contribution >= 0.6 is 0 Å². The van der Waals surface area contributed by atoms with Crippen molar-refractivity contribution in [1.29, 1.82) is 0 Å². The van der Waals surface area contributed by atoms with Gasteiger partial charge in [-0.1, -0.05) is 13.8 Å². The van der Waals surface area contributed by atoms with Crippen LogP contribution in [0.25, 0.3) is 0 Å². The minimum absolute atomic E-state index is 0.104. The van der Waals surface area contributed by atoms with Crippen molar-refractivity contribution in [2.24, 2.45) is 5.41 Å². The molecule has 1 unspecified atom stereocenters. The highest BCUT2D eigenvalue weighted by Gasteiger charge is 2.59. The van der Waals surface area contributed by atoms with Crippen molar-refractivity contribution in [3.63, 3.8) is 0 Å². The summed E-state index contributed by atoms with van der Waals surface area (Å²) >= 11 is 0. The molecule has 1 rings (SSSR count). The Morgan fingerprint density at radius 3 is 2.32 bits per heavy atom. The molecule has 0 radical (unpaired) electrons. The summed E-state index contributed by atoms with van der Waals surface area (Å²) in [6.45, 7) is 9.15. The summed E-state index contributed by atoms with van der Waals surface area (Å²) in [6, 6.07) is 0. The van der Waals surface area contributed by atoms with Crippen molar-refractivity contribution in [1.82, 2.24) is 5.32 Å². The van der Waals surface area contributed by atoms with Gasteiger partial charge < -0.3 is 15.2 Å². The summed E-state index contributed by atoms with van der Waals surface area (Å²) in [5.41, 5.74) is -2.86. The van der Waals surface area contributed by atoms with E-state index < -0.39 is 22.6 Å². The second-order valence-corrected chi connectivity index (χ2v) is 6.27. The molecule has 5 heteroatoms. The van der Waals surface area contributed by atoms with Gasteiger partial charge in [0.15, 0.2) is 0 Å². The van der Waals surface area contributed by atoms with Gasteiger partial charge in [0.2, 0.25) is 5.91 Å². The van der Waals surface area contributed by atoms with Crippen LogP contribution in [0.5, 0.6) is 0 Å². The second-order valence-electron chi connectivity index (χ2n) is 6.27. The van der Waals surface area contributed by atoms with Gasteiger partial charge in [0, 0.05) is 6.54 Å². The Morgan fingerprint density at radius 1 is 1.37 bits per heavy atom. The number of β-amino-alcohol motifs (C(OH)–C–C–N with tert-alkyl or cyclic N) is 1. The van der Waals surface area contributed by atoms with Crippen LogP contribution in [0.15, 0.2) is 0 Å². The SMILES string of the molecule is CCC1(CC)C(=O)NCC1(O)CC(=O)OC(C)(C)C. The molecule has 19 heavy (non-hydrogen) atoms. The van der Waals surface area contributed by atoms with Crippen molar-refractivity contribution in [2.45, 2.75) is 65.1 Å². The van der Waals surface area contributed by atoms with E-state index in [9.17, 15) is 14.7 Å². The maximum absolute atomic E-state index is 12.0. The summed E-state index contributed by atoms with van der Waals surface area (Å²) in [4.78, 5) is 23.9. The van der Waals surface area contributed by atoms with E-state index in [2.05, 4.69) is 5.32 Å². The van der Waals surface area contributed by atoms with E-state index in [-0.39, 0.29) is 18.9 Å². The van der Waals surface area contributed by atoms with Crippen LogP contribution in [-0.4, -0.2) is 34.7 Å². The topological polar surface area (TPSA) is 75.6 Å². The number of rotatable bonds is 4. The highest BCUT2D eigenvalue weighted by molar-refractivity contribution is 5.88. The number of nitrogens with one attached hydrogen (secondary N) is 1. The van der Waals surface area contributed by atoms with Gasteiger partial charge in [0.05, 0.1) is 11.8 Å². The molecule has 0 aromatic carbocycles. The van der Waals surface area contributed by atoms with Gasteiger partial charge in [-0.2, -0.15) is 0 Å². The van der Waals surface area contributed by atoms with Crippen LogP contribution in [0.3, 0.4) is 0 Å². The third-order valence-corrected chi connectivity index (χ3v) is 3.93. The Hall–Kier alpha value is -1.10. The van der Waals surface area contributed by atoms with Gasteiger partial charge in [-0.15, -0.1) is 0 Å². The van der Waals surface area contributed by atoms with Crippen LogP contribution in [-0.2, 0) is 14.3 Å². The molecule has 0 spiro atoms. The van der Waals surface area contributed by atoms with Crippen LogP contribution in [0.1, 0.15) is 53.9 Å². The maximum Gasteiger partial charge on any atom is 0.309 e. The summed E-state index contributed by atoms with van der Waals surface area (Å²) in [5.74, 6) is -0.652. The third-order valence-electron chi connectivity index (χ3n) is 3.93. The van der Waals surface area contributed by atoms with Gasteiger partial charge in [-0.05, 0) is 33.6 Å². The number of ether oxygens (including phenoxy) is 1. The minimum atomic E-state index is -1.37. The predicted molar refractivity (Wildman–Crippen MR) is 71.4 cm³/mol. The number of carbonyl (C=O) groups is 2. The molecular weight excluding hydrogens is 246 g/mol. The molecule has 5 nitrogen and oxygen atoms in total. The molecule has 0 aliphatic carbocycles. The van der Waals surface area contributed by atoms with Gasteiger partial charge >= 0.3 is 5.97 Å². The fourth-order valence-corrected chi connectivity index (χ4v) is 2.85. The molecule has 0 bridgehead atoms. The molecule has 0 saturated carbocycles. The molecule has 1 aliphatic heterocycles. The quantitative estimate of drug-likeness (QED) is 0.758. The normalized spacial score (nSPS) is 26.1. The van der Waals surface area contributed by atoms with Crippen LogP contribution < -0.4 is 5.32 Å². The van der Waals surface area contributed by atoms with E-state index in [0.717, 1.165) is 0 Å². The van der Waals surface area contributed by atoms with Crippen LogP contribution in [0, 0.1) is 5.41 Å². The molecule has 1 saturated heterocycles. The minimum Gasteiger partial charge on any atom is -0.460 e. The zero-order valence-electron chi connectivity index (χ0n) is 12.5. The molecule has 0 aromatic rings. The fraction of sp³-hybridized carbons (Fsp3) is 0.857. The Kier molecular flexibility index (Phi) is 4.30. The Labute approximate surface area is 114 Å².